The normalized spacial score (nSPS) is 12.5. The number of carbonyl (C=O) groups excluding carboxylic acids is 1. The van der Waals surface area contributed by atoms with Crippen LogP contribution in [0.5, 0.6) is 0 Å². The van der Waals surface area contributed by atoms with E-state index in [9.17, 15) is 18.0 Å². The van der Waals surface area contributed by atoms with Gasteiger partial charge in [0.05, 0.1) is 13.2 Å². The molecule has 0 aromatic heterocycles. The zero-order valence-corrected chi connectivity index (χ0v) is 14.9. The van der Waals surface area contributed by atoms with Gasteiger partial charge in [-0.05, 0) is 16.5 Å². The van der Waals surface area contributed by atoms with E-state index in [1.807, 2.05) is 24.3 Å². The fraction of sp³-hybridized carbons (Fsp3) is 0.412. The van der Waals surface area contributed by atoms with Crippen molar-refractivity contribution in [2.24, 2.45) is 0 Å². The van der Waals surface area contributed by atoms with Crippen molar-refractivity contribution < 1.29 is 44.3 Å². The molecule has 0 aliphatic rings. The summed E-state index contributed by atoms with van der Waals surface area (Å²) < 4.78 is 41.6. The molecule has 8 heteroatoms. The maximum Gasteiger partial charge on any atom is 0.438 e. The minimum absolute atomic E-state index is 0. The monoisotopic (exact) mass is 399 g/mol. The van der Waals surface area contributed by atoms with Crippen molar-refractivity contribution >= 4 is 5.97 Å². The molecule has 140 valence electrons. The number of aliphatic hydroxyl groups excluding tert-OH is 1. The Morgan fingerprint density at radius 2 is 1.72 bits per heavy atom. The van der Waals surface area contributed by atoms with Crippen molar-refractivity contribution in [3.63, 3.8) is 0 Å². The molecule has 0 saturated carbocycles. The Labute approximate surface area is 154 Å². The van der Waals surface area contributed by atoms with Gasteiger partial charge in [-0.25, -0.2) is 4.85 Å². The minimum Gasteiger partial charge on any atom is -0.515 e. The zero-order chi connectivity index (χ0) is 18.5. The summed E-state index contributed by atoms with van der Waals surface area (Å²) in [6, 6.07) is 7.54. The predicted octanol–water partition coefficient (Wildman–Crippen LogP) is 4.32. The Morgan fingerprint density at radius 1 is 1.20 bits per heavy atom. The first-order valence-corrected chi connectivity index (χ1v) is 7.11. The first-order valence-electron chi connectivity index (χ1n) is 7.11. The van der Waals surface area contributed by atoms with Crippen LogP contribution in [0.15, 0.2) is 35.7 Å². The molecule has 1 N–H and O–H groups in total. The van der Waals surface area contributed by atoms with Crippen molar-refractivity contribution in [3.8, 4) is 0 Å². The largest absolute Gasteiger partial charge is 0.515 e. The summed E-state index contributed by atoms with van der Waals surface area (Å²) in [4.78, 5) is 13.9. The fourth-order valence-electron chi connectivity index (χ4n) is 1.83. The molecule has 0 atom stereocenters. The van der Waals surface area contributed by atoms with Crippen LogP contribution in [-0.4, -0.2) is 23.9 Å². The fourth-order valence-corrected chi connectivity index (χ4v) is 1.83. The molecule has 0 bridgehead atoms. The van der Waals surface area contributed by atoms with Crippen molar-refractivity contribution in [3.05, 3.63) is 58.3 Å². The molecule has 0 amide bonds. The third-order valence-corrected chi connectivity index (χ3v) is 3.24. The van der Waals surface area contributed by atoms with E-state index < -0.39 is 23.6 Å². The quantitative estimate of drug-likeness (QED) is 0.269. The number of alkyl halides is 3. The van der Waals surface area contributed by atoms with E-state index >= 15 is 0 Å². The van der Waals surface area contributed by atoms with Gasteiger partial charge in [0, 0.05) is 22.9 Å². The molecule has 0 aliphatic heterocycles. The molecule has 1 aromatic carbocycles. The Hall–Kier alpha value is -2.00. The smallest absolute Gasteiger partial charge is 0.438 e. The third kappa shape index (κ3) is 6.79. The van der Waals surface area contributed by atoms with Gasteiger partial charge >= 0.3 is 17.8 Å². The number of esters is 1. The third-order valence-electron chi connectivity index (χ3n) is 3.24. The summed E-state index contributed by atoms with van der Waals surface area (Å²) in [5, 5.41) is 8.88. The van der Waals surface area contributed by atoms with Gasteiger partial charge in [0.1, 0.15) is 0 Å². The van der Waals surface area contributed by atoms with Crippen LogP contribution in [0.2, 0.25) is 0 Å². The average molecular weight is 400 g/mol. The molecular weight excluding hydrogens is 382 g/mol. The topological polar surface area (TPSA) is 50.9 Å². The Bertz CT molecular complexity index is 668. The van der Waals surface area contributed by atoms with Gasteiger partial charge in [-0.15, -0.1) is 0 Å². The summed E-state index contributed by atoms with van der Waals surface area (Å²) in [6.07, 6.45) is -4.88. The molecule has 1 rings (SSSR count). The number of carbonyl (C=O) groups is 1. The second-order valence-corrected chi connectivity index (χ2v) is 6.14. The second kappa shape index (κ2) is 8.91. The summed E-state index contributed by atoms with van der Waals surface area (Å²) in [6.45, 7) is 12.6. The number of nitrogens with zero attached hydrogens (tertiary/aromatic N) is 1. The van der Waals surface area contributed by atoms with Gasteiger partial charge in [-0.1, -0.05) is 45.0 Å². The van der Waals surface area contributed by atoms with E-state index in [2.05, 4.69) is 30.4 Å². The summed E-state index contributed by atoms with van der Waals surface area (Å²) in [7, 11) is 0. The molecule has 0 unspecified atom stereocenters. The zero-order valence-electron chi connectivity index (χ0n) is 13.9. The van der Waals surface area contributed by atoms with E-state index in [1.54, 1.807) is 0 Å². The maximum absolute atomic E-state index is 12.3. The molecule has 0 fully saturated rings. The van der Waals surface area contributed by atoms with E-state index in [1.165, 1.54) is 0 Å². The van der Waals surface area contributed by atoms with Crippen molar-refractivity contribution in [2.45, 2.75) is 38.8 Å². The summed E-state index contributed by atoms with van der Waals surface area (Å²) >= 11 is 0. The molecule has 4 nitrogen and oxygen atoms in total. The molecule has 0 heterocycles. The summed E-state index contributed by atoms with van der Waals surface area (Å²) in [5.74, 6) is -3.73. The number of hydrogen-bond acceptors (Lipinski definition) is 3. The standard InChI is InChI=1S/C17H18F3NO3.Ni/c1-16(2,3)12-7-5-11(6-8-12)9-10-24-15(23)13(21-4)14(22)17(18,19)20;/h5-8,22H,9-10H2,1-3H3;/b14-13+;. The Balaban J connectivity index is 0.00000576. The van der Waals surface area contributed by atoms with Crippen molar-refractivity contribution in [1.29, 1.82) is 0 Å². The maximum atomic E-state index is 12.3. The van der Waals surface area contributed by atoms with Gasteiger partial charge in [-0.2, -0.15) is 13.2 Å². The molecule has 0 aliphatic carbocycles. The first kappa shape index (κ1) is 23.0. The Morgan fingerprint density at radius 3 is 2.12 bits per heavy atom. The molecule has 25 heavy (non-hydrogen) atoms. The number of benzene rings is 1. The van der Waals surface area contributed by atoms with Crippen LogP contribution in [0.4, 0.5) is 13.2 Å². The van der Waals surface area contributed by atoms with Crippen LogP contribution >= 0.6 is 0 Å². The van der Waals surface area contributed by atoms with Gasteiger partial charge in [0.15, 0.2) is 0 Å². The average Bonchev–Trinajstić information content (AvgIpc) is 2.46. The number of rotatable bonds is 4. The summed E-state index contributed by atoms with van der Waals surface area (Å²) in [5.41, 5.74) is 0.487. The van der Waals surface area contributed by atoms with Gasteiger partial charge < -0.3 is 9.84 Å². The van der Waals surface area contributed by atoms with Crippen LogP contribution in [0, 0.1) is 6.57 Å². The van der Waals surface area contributed by atoms with Crippen molar-refractivity contribution in [2.75, 3.05) is 6.61 Å². The van der Waals surface area contributed by atoms with E-state index in [0.717, 1.165) is 11.1 Å². The number of allylic oxidation sites excluding steroid dienone is 1. The number of aliphatic hydroxyl groups is 1. The number of halogens is 3. The Kier molecular flexibility index (Phi) is 8.20. The van der Waals surface area contributed by atoms with Crippen LogP contribution in [0.3, 0.4) is 0 Å². The number of ether oxygens (including phenoxy) is 1. The van der Waals surface area contributed by atoms with Crippen LogP contribution < -0.4 is 0 Å². The molecule has 0 spiro atoms. The van der Waals surface area contributed by atoms with E-state index in [-0.39, 0.29) is 34.9 Å². The first-order chi connectivity index (χ1) is 11.0. The van der Waals surface area contributed by atoms with Gasteiger partial charge in [0.2, 0.25) is 5.76 Å². The number of hydrogen-bond donors (Lipinski definition) is 1. The molecule has 0 saturated heterocycles. The van der Waals surface area contributed by atoms with Gasteiger partial charge in [0.25, 0.3) is 0 Å². The second-order valence-electron chi connectivity index (χ2n) is 6.14. The van der Waals surface area contributed by atoms with Crippen molar-refractivity contribution in [1.82, 2.24) is 0 Å². The van der Waals surface area contributed by atoms with Crippen LogP contribution in [0.1, 0.15) is 31.9 Å². The van der Waals surface area contributed by atoms with E-state index in [4.69, 9.17) is 11.7 Å². The molecule has 1 aromatic rings. The minimum atomic E-state index is -5.16. The predicted molar refractivity (Wildman–Crippen MR) is 82.1 cm³/mol. The van der Waals surface area contributed by atoms with Crippen LogP contribution in [-0.2, 0) is 37.9 Å². The SMILES string of the molecule is [C-]#[N+]/C(C(=O)OCCc1ccc(C(C)(C)C)cc1)=C(/O)C(F)(F)F.[Ni]. The molecular formula is C17H18F3NNiO3. The van der Waals surface area contributed by atoms with Gasteiger partial charge in [-0.3, -0.25) is 4.79 Å². The molecule has 0 radical (unpaired) electrons. The van der Waals surface area contributed by atoms with Crippen LogP contribution in [0.25, 0.3) is 4.85 Å². The van der Waals surface area contributed by atoms with E-state index in [0.29, 0.717) is 0 Å².